The van der Waals surface area contributed by atoms with Gasteiger partial charge in [-0.25, -0.2) is 36.8 Å². The predicted octanol–water partition coefficient (Wildman–Crippen LogP) is 5.02. The predicted molar refractivity (Wildman–Crippen MR) is 244 cm³/mol. The van der Waals surface area contributed by atoms with Gasteiger partial charge in [-0.05, 0) is 67.2 Å². The zero-order chi connectivity index (χ0) is 45.5. The van der Waals surface area contributed by atoms with Crippen molar-refractivity contribution in [1.82, 2.24) is 34.8 Å². The summed E-state index contributed by atoms with van der Waals surface area (Å²) in [4.78, 5) is 32.7. The van der Waals surface area contributed by atoms with Gasteiger partial charge >= 0.3 is 0 Å². The quantitative estimate of drug-likeness (QED) is 0.199. The molecule has 0 saturated carbocycles. The molecule has 0 aliphatic carbocycles. The highest BCUT2D eigenvalue weighted by molar-refractivity contribution is 7.97. The molecule has 3 N–H and O–H groups in total. The van der Waals surface area contributed by atoms with Crippen LogP contribution in [-0.4, -0.2) is 141 Å². The van der Waals surface area contributed by atoms with Crippen LogP contribution in [0.5, 0.6) is 0 Å². The summed E-state index contributed by atoms with van der Waals surface area (Å²) >= 11 is 12.4. The van der Waals surface area contributed by atoms with Gasteiger partial charge in [-0.15, -0.1) is 0 Å². The lowest BCUT2D eigenvalue weighted by Gasteiger charge is -2.32. The first kappa shape index (κ1) is 47.9. The molecular formula is C40H50Cl2N10O9S2. The van der Waals surface area contributed by atoms with Crippen molar-refractivity contribution in [3.05, 3.63) is 70.2 Å². The van der Waals surface area contributed by atoms with Crippen molar-refractivity contribution in [3.63, 3.8) is 0 Å². The summed E-state index contributed by atoms with van der Waals surface area (Å²) in [6.45, 7) is 18.4. The maximum atomic E-state index is 11.7. The average molecular weight is 950 g/mol. The van der Waals surface area contributed by atoms with Crippen LogP contribution in [0.4, 0.5) is 11.6 Å². The number of hydrogen-bond donors (Lipinski definition) is 2. The lowest BCUT2D eigenvalue weighted by atomic mass is 10.1. The van der Waals surface area contributed by atoms with E-state index in [2.05, 4.69) is 64.7 Å². The maximum absolute atomic E-state index is 11.7. The number of rotatable bonds is 7. The van der Waals surface area contributed by atoms with Crippen molar-refractivity contribution in [1.29, 1.82) is 0 Å². The molecule has 0 radical (unpaired) electrons. The van der Waals surface area contributed by atoms with E-state index in [1.54, 1.807) is 19.3 Å². The molecule has 63 heavy (non-hydrogen) atoms. The first-order valence-electron chi connectivity index (χ1n) is 20.1. The van der Waals surface area contributed by atoms with E-state index in [0.29, 0.717) is 97.9 Å². The Morgan fingerprint density at radius 1 is 0.778 bits per heavy atom. The number of hydrogen-bond acceptors (Lipinski definition) is 19. The fourth-order valence-electron chi connectivity index (χ4n) is 6.86. The van der Waals surface area contributed by atoms with Crippen LogP contribution in [0.25, 0.3) is 44.4 Å². The van der Waals surface area contributed by atoms with Crippen LogP contribution in [0.15, 0.2) is 57.3 Å². The third-order valence-corrected chi connectivity index (χ3v) is 13.2. The summed E-state index contributed by atoms with van der Waals surface area (Å²) in [5.74, 6) is 1.71. The Hall–Kier alpha value is -4.58. The fourth-order valence-corrected chi connectivity index (χ4v) is 8.55. The molecule has 340 valence electrons. The third-order valence-electron chi connectivity index (χ3n) is 10.3. The van der Waals surface area contributed by atoms with Gasteiger partial charge in [0.05, 0.1) is 48.7 Å². The second kappa shape index (κ2) is 20.9. The summed E-state index contributed by atoms with van der Waals surface area (Å²) in [5, 5.41) is 11.2. The van der Waals surface area contributed by atoms with Gasteiger partial charge in [-0.1, -0.05) is 13.2 Å². The van der Waals surface area contributed by atoms with E-state index in [1.807, 2.05) is 19.1 Å². The molecule has 3 aliphatic heterocycles. The van der Waals surface area contributed by atoms with Crippen LogP contribution < -0.4 is 15.5 Å². The molecule has 6 aromatic rings. The van der Waals surface area contributed by atoms with Crippen LogP contribution >= 0.6 is 23.2 Å². The van der Waals surface area contributed by atoms with Crippen LogP contribution in [0.1, 0.15) is 44.0 Å². The molecule has 3 aliphatic rings. The largest absolute Gasteiger partial charge is 0.432 e. The van der Waals surface area contributed by atoms with Crippen LogP contribution in [0.3, 0.4) is 0 Å². The molecule has 0 bridgehead atoms. The number of aliphatic hydroxyl groups excluding tert-OH is 1. The summed E-state index contributed by atoms with van der Waals surface area (Å²) in [6.07, 6.45) is 3.50. The van der Waals surface area contributed by atoms with E-state index in [-0.39, 0.29) is 40.8 Å². The molecule has 3 fully saturated rings. The monoisotopic (exact) mass is 948 g/mol. The minimum absolute atomic E-state index is 0.0263. The molecule has 23 heteroatoms. The number of aliphatic hydroxyl groups is 1. The number of nitrogens with zero attached hydrogens (tertiary/aromatic N) is 9. The maximum Gasteiger partial charge on any atom is 0.229 e. The molecular weight excluding hydrogens is 900 g/mol. The van der Waals surface area contributed by atoms with E-state index in [0.717, 1.165) is 45.8 Å². The van der Waals surface area contributed by atoms with Gasteiger partial charge in [0.15, 0.2) is 42.5 Å². The Bertz CT molecular complexity index is 2770. The number of sulfone groups is 2. The Kier molecular flexibility index (Phi) is 15.9. The van der Waals surface area contributed by atoms with Gasteiger partial charge in [0, 0.05) is 81.2 Å². The summed E-state index contributed by atoms with van der Waals surface area (Å²) in [5.41, 5.74) is 11.3. The van der Waals surface area contributed by atoms with Crippen molar-refractivity contribution in [2.24, 2.45) is 5.73 Å². The number of morpholine rings is 2. The smallest absolute Gasteiger partial charge is 0.229 e. The molecule has 0 aromatic carbocycles. The minimum Gasteiger partial charge on any atom is -0.432 e. The Labute approximate surface area is 374 Å². The van der Waals surface area contributed by atoms with Gasteiger partial charge in [0.25, 0.3) is 0 Å². The third kappa shape index (κ3) is 11.6. The second-order valence-corrected chi connectivity index (χ2v) is 19.3. The van der Waals surface area contributed by atoms with Crippen LogP contribution in [-0.2, 0) is 29.1 Å². The SMILES string of the molecule is C=CS(=O)(=O)C=C.CC(N)c1cnc2oc3c(N4CCOCC4)nc(Cl)nc3c2c1.CC(c1cnc2oc3c(N4CCOCC4)nc(Cl)nc3c2c1)N1CCS(=O)(=O)CC1.CCO. The summed E-state index contributed by atoms with van der Waals surface area (Å²) in [7, 11) is -6.05. The normalized spacial score (nSPS) is 17.8. The Morgan fingerprint density at radius 2 is 1.19 bits per heavy atom. The van der Waals surface area contributed by atoms with Crippen LogP contribution in [0, 0.1) is 0 Å². The zero-order valence-corrected chi connectivity index (χ0v) is 38.3. The van der Waals surface area contributed by atoms with Gasteiger partial charge in [-0.2, -0.15) is 9.97 Å². The second-order valence-electron chi connectivity index (χ2n) is 14.5. The number of fused-ring (bicyclic) bond motifs is 6. The molecule has 2 unspecified atom stereocenters. The number of ether oxygens (including phenoxy) is 2. The highest BCUT2D eigenvalue weighted by Gasteiger charge is 2.28. The van der Waals surface area contributed by atoms with Crippen molar-refractivity contribution in [2.45, 2.75) is 32.9 Å². The molecule has 9 heterocycles. The molecule has 3 saturated heterocycles. The van der Waals surface area contributed by atoms with Crippen molar-refractivity contribution in [3.8, 4) is 0 Å². The highest BCUT2D eigenvalue weighted by Crippen LogP contribution is 2.36. The number of pyridine rings is 2. The summed E-state index contributed by atoms with van der Waals surface area (Å²) in [6, 6.07) is 3.87. The zero-order valence-electron chi connectivity index (χ0n) is 35.1. The van der Waals surface area contributed by atoms with E-state index in [1.165, 1.54) is 0 Å². The van der Waals surface area contributed by atoms with Gasteiger partial charge in [0.1, 0.15) is 11.0 Å². The molecule has 0 spiro atoms. The topological polar surface area (TPSA) is 246 Å². The van der Waals surface area contributed by atoms with Crippen molar-refractivity contribution >= 4 is 98.9 Å². The van der Waals surface area contributed by atoms with E-state index in [4.69, 9.17) is 52.4 Å². The number of aromatic nitrogens is 6. The lowest BCUT2D eigenvalue weighted by molar-refractivity contribution is 0.122. The van der Waals surface area contributed by atoms with Gasteiger partial charge in [-0.3, -0.25) is 4.90 Å². The first-order valence-corrected chi connectivity index (χ1v) is 24.2. The molecule has 2 atom stereocenters. The molecule has 19 nitrogen and oxygen atoms in total. The van der Waals surface area contributed by atoms with E-state index >= 15 is 0 Å². The number of anilines is 2. The number of furan rings is 2. The number of halogens is 2. The minimum atomic E-state index is -3.13. The average Bonchev–Trinajstić information content (AvgIpc) is 3.84. The molecule has 0 amide bonds. The van der Waals surface area contributed by atoms with E-state index in [9.17, 15) is 16.8 Å². The molecule has 6 aromatic heterocycles. The van der Waals surface area contributed by atoms with Gasteiger partial charge in [0.2, 0.25) is 22.0 Å². The van der Waals surface area contributed by atoms with Crippen molar-refractivity contribution < 1.29 is 40.3 Å². The lowest BCUT2D eigenvalue weighted by Crippen LogP contribution is -2.41. The Morgan fingerprint density at radius 3 is 1.59 bits per heavy atom. The summed E-state index contributed by atoms with van der Waals surface area (Å²) < 4.78 is 66.5. The molecule has 9 rings (SSSR count). The van der Waals surface area contributed by atoms with Crippen LogP contribution in [0.2, 0.25) is 10.6 Å². The first-order chi connectivity index (χ1) is 30.1. The fraction of sp³-hybridized carbons (Fsp3) is 0.450. The highest BCUT2D eigenvalue weighted by atomic mass is 35.5. The van der Waals surface area contributed by atoms with Gasteiger partial charge < -0.3 is 38.9 Å². The van der Waals surface area contributed by atoms with E-state index < -0.39 is 19.7 Å². The number of nitrogens with two attached hydrogens (primary N) is 1. The van der Waals surface area contributed by atoms with Crippen molar-refractivity contribution in [2.75, 3.05) is 93.6 Å². The Balaban J connectivity index is 0.000000177. The standard InChI is InChI=1S/C19H22ClN5O4S.C15H16ClN5O2.C4H6O2S.C2H6O/c1-12(24-4-8-30(26,27)9-5-24)13-10-14-15-16(29-18(14)21-11-13)17(23-19(20)22-15)25-2-6-28-7-3-25;1-8(17)9-6-10-11-12(23-14(10)18-7-9)13(20-15(16)19-11)21-2-4-22-5-3-21;1-3-7(5,6)4-2;1-2-3/h10-12H,2-9H2,1H3;6-8H,2-5,17H2,1H3;3-4H,1-2H2;3H,2H2,1H3.